The number of fused-ring (bicyclic) bond motifs is 4. The van der Waals surface area contributed by atoms with E-state index in [0.717, 1.165) is 0 Å². The Bertz CT molecular complexity index is 1080. The van der Waals surface area contributed by atoms with Gasteiger partial charge in [0.05, 0.1) is 0 Å². The summed E-state index contributed by atoms with van der Waals surface area (Å²) in [5.41, 5.74) is 10.5. The Balaban J connectivity index is 1.68. The monoisotopic (exact) mass is 406 g/mol. The molecule has 31 heavy (non-hydrogen) atoms. The average Bonchev–Trinajstić information content (AvgIpc) is 3.34. The second-order valence-corrected chi connectivity index (χ2v) is 10.0. The molecule has 158 valence electrons. The lowest BCUT2D eigenvalue weighted by Gasteiger charge is -2.42. The third kappa shape index (κ3) is 3.11. The van der Waals surface area contributed by atoms with Gasteiger partial charge in [-0.15, -0.1) is 0 Å². The predicted molar refractivity (Wildman–Crippen MR) is 133 cm³/mol. The zero-order valence-electron chi connectivity index (χ0n) is 19.4. The van der Waals surface area contributed by atoms with Gasteiger partial charge in [0, 0.05) is 11.8 Å². The van der Waals surface area contributed by atoms with Gasteiger partial charge in [-0.25, -0.2) is 0 Å². The van der Waals surface area contributed by atoms with Crippen molar-refractivity contribution in [3.63, 3.8) is 0 Å². The van der Waals surface area contributed by atoms with E-state index in [2.05, 4.69) is 107 Å². The second kappa shape index (κ2) is 7.83. The molecule has 5 rings (SSSR count). The third-order valence-electron chi connectivity index (χ3n) is 7.89. The molecule has 0 heteroatoms. The summed E-state index contributed by atoms with van der Waals surface area (Å²) in [4.78, 5) is 0. The van der Waals surface area contributed by atoms with E-state index >= 15 is 0 Å². The van der Waals surface area contributed by atoms with Crippen molar-refractivity contribution in [2.24, 2.45) is 11.3 Å². The molecule has 2 aliphatic carbocycles. The molecule has 0 heterocycles. The lowest BCUT2D eigenvalue weighted by atomic mass is 9.61. The molecule has 0 N–H and O–H groups in total. The summed E-state index contributed by atoms with van der Waals surface area (Å²) in [7, 11) is 0. The summed E-state index contributed by atoms with van der Waals surface area (Å²) in [6.07, 6.45) is 6.28. The summed E-state index contributed by atoms with van der Waals surface area (Å²) in [5, 5.41) is 0. The third-order valence-corrected chi connectivity index (χ3v) is 7.89. The topological polar surface area (TPSA) is 0 Å². The molecular formula is C31H34. The van der Waals surface area contributed by atoms with Crippen molar-refractivity contribution in [1.29, 1.82) is 0 Å². The quantitative estimate of drug-likeness (QED) is 0.383. The van der Waals surface area contributed by atoms with Gasteiger partial charge in [0.2, 0.25) is 0 Å². The highest BCUT2D eigenvalue weighted by Gasteiger charge is 2.48. The molecular weight excluding hydrogens is 372 g/mol. The minimum atomic E-state index is 0.0717. The lowest BCUT2D eigenvalue weighted by Crippen LogP contribution is -2.31. The predicted octanol–water partition coefficient (Wildman–Crippen LogP) is 8.83. The largest absolute Gasteiger partial charge is 0.0654 e. The smallest absolute Gasteiger partial charge is 0.0162 e. The first-order valence-electron chi connectivity index (χ1n) is 12.1. The van der Waals surface area contributed by atoms with Crippen molar-refractivity contribution >= 4 is 6.08 Å². The molecule has 0 bridgehead atoms. The average molecular weight is 407 g/mol. The van der Waals surface area contributed by atoms with Crippen LogP contribution in [0.5, 0.6) is 0 Å². The van der Waals surface area contributed by atoms with Crippen LogP contribution in [0.4, 0.5) is 0 Å². The molecule has 2 unspecified atom stereocenters. The van der Waals surface area contributed by atoms with E-state index in [-0.39, 0.29) is 5.41 Å². The summed E-state index contributed by atoms with van der Waals surface area (Å²) >= 11 is 0. The summed E-state index contributed by atoms with van der Waals surface area (Å²) < 4.78 is 0. The van der Waals surface area contributed by atoms with E-state index in [0.29, 0.717) is 17.8 Å². The number of hydrogen-bond acceptors (Lipinski definition) is 0. The number of rotatable bonds is 6. The minimum absolute atomic E-state index is 0.0717. The maximum Gasteiger partial charge on any atom is 0.0162 e. The van der Waals surface area contributed by atoms with E-state index < -0.39 is 0 Å². The van der Waals surface area contributed by atoms with Crippen molar-refractivity contribution in [3.05, 3.63) is 101 Å². The van der Waals surface area contributed by atoms with E-state index in [1.807, 2.05) is 0 Å². The first kappa shape index (κ1) is 20.3. The Labute approximate surface area is 188 Å². The van der Waals surface area contributed by atoms with Crippen LogP contribution in [-0.4, -0.2) is 0 Å². The van der Waals surface area contributed by atoms with Gasteiger partial charge in [0.15, 0.2) is 0 Å². The molecule has 0 fully saturated rings. The highest BCUT2D eigenvalue weighted by Crippen LogP contribution is 2.61. The van der Waals surface area contributed by atoms with Crippen LogP contribution >= 0.6 is 0 Å². The standard InChI is InChI=1S/C31H34/c1-5-13-21(6-2)28-20-22-14-7-8-15-23(22)29(28)31(3,4)30-26-18-11-9-16-24(26)25-17-10-12-19-27(25)30/h7-12,14-21,29-30H,5-6,13H2,1-4H3. The van der Waals surface area contributed by atoms with Crippen LogP contribution in [0.1, 0.15) is 81.0 Å². The van der Waals surface area contributed by atoms with Gasteiger partial charge >= 0.3 is 0 Å². The van der Waals surface area contributed by atoms with E-state index in [1.54, 1.807) is 5.57 Å². The molecule has 0 amide bonds. The van der Waals surface area contributed by atoms with Crippen molar-refractivity contribution in [2.75, 3.05) is 0 Å². The Kier molecular flexibility index (Phi) is 5.13. The van der Waals surface area contributed by atoms with Crippen LogP contribution in [0, 0.1) is 11.3 Å². The van der Waals surface area contributed by atoms with Crippen molar-refractivity contribution < 1.29 is 0 Å². The first-order valence-corrected chi connectivity index (χ1v) is 12.1. The number of hydrogen-bond donors (Lipinski definition) is 0. The Morgan fingerprint density at radius 1 is 0.710 bits per heavy atom. The molecule has 0 saturated heterocycles. The summed E-state index contributed by atoms with van der Waals surface area (Å²) in [5.74, 6) is 1.51. The van der Waals surface area contributed by atoms with E-state index in [4.69, 9.17) is 0 Å². The van der Waals surface area contributed by atoms with Crippen LogP contribution in [0.3, 0.4) is 0 Å². The maximum atomic E-state index is 2.54. The minimum Gasteiger partial charge on any atom is -0.0654 e. The normalized spacial score (nSPS) is 18.3. The van der Waals surface area contributed by atoms with Crippen LogP contribution in [-0.2, 0) is 0 Å². The van der Waals surface area contributed by atoms with Crippen molar-refractivity contribution in [2.45, 2.75) is 58.8 Å². The fourth-order valence-corrected chi connectivity index (χ4v) is 6.61. The van der Waals surface area contributed by atoms with E-state index in [9.17, 15) is 0 Å². The molecule has 0 radical (unpaired) electrons. The van der Waals surface area contributed by atoms with Gasteiger partial charge in [0.1, 0.15) is 0 Å². The molecule has 0 saturated carbocycles. The molecule has 2 atom stereocenters. The van der Waals surface area contributed by atoms with Crippen LogP contribution < -0.4 is 0 Å². The first-order chi connectivity index (χ1) is 15.1. The Hall–Kier alpha value is -2.60. The second-order valence-electron chi connectivity index (χ2n) is 10.0. The molecule has 2 aliphatic rings. The van der Waals surface area contributed by atoms with E-state index in [1.165, 1.54) is 52.6 Å². The van der Waals surface area contributed by atoms with Crippen molar-refractivity contribution in [3.8, 4) is 11.1 Å². The Morgan fingerprint density at radius 2 is 1.26 bits per heavy atom. The fourth-order valence-electron chi connectivity index (χ4n) is 6.61. The molecule has 0 aliphatic heterocycles. The summed E-state index contributed by atoms with van der Waals surface area (Å²) in [6.45, 7) is 9.74. The molecule has 0 aromatic heterocycles. The van der Waals surface area contributed by atoms with Gasteiger partial charge in [-0.2, -0.15) is 0 Å². The fraction of sp³-hybridized carbons (Fsp3) is 0.355. The number of allylic oxidation sites excluding steroid dienone is 1. The number of benzene rings is 3. The maximum absolute atomic E-state index is 2.54. The van der Waals surface area contributed by atoms with Gasteiger partial charge in [-0.05, 0) is 57.6 Å². The van der Waals surface area contributed by atoms with Crippen LogP contribution in [0.25, 0.3) is 17.2 Å². The highest BCUT2D eigenvalue weighted by atomic mass is 14.5. The van der Waals surface area contributed by atoms with Crippen LogP contribution in [0.15, 0.2) is 78.4 Å². The van der Waals surface area contributed by atoms with Crippen LogP contribution in [0.2, 0.25) is 0 Å². The highest BCUT2D eigenvalue weighted by molar-refractivity contribution is 5.80. The van der Waals surface area contributed by atoms with Gasteiger partial charge < -0.3 is 0 Å². The molecule has 0 spiro atoms. The Morgan fingerprint density at radius 3 is 1.84 bits per heavy atom. The van der Waals surface area contributed by atoms with Gasteiger partial charge in [-0.3, -0.25) is 0 Å². The summed E-state index contributed by atoms with van der Waals surface area (Å²) in [6, 6.07) is 27.3. The molecule has 0 nitrogen and oxygen atoms in total. The zero-order chi connectivity index (χ0) is 21.6. The van der Waals surface area contributed by atoms with Gasteiger partial charge in [-0.1, -0.05) is 119 Å². The van der Waals surface area contributed by atoms with Crippen molar-refractivity contribution in [1.82, 2.24) is 0 Å². The lowest BCUT2D eigenvalue weighted by molar-refractivity contribution is 0.263. The molecule has 3 aromatic rings. The molecule has 3 aromatic carbocycles. The zero-order valence-corrected chi connectivity index (χ0v) is 19.4. The SMILES string of the molecule is CCCC(CC)C1=Cc2ccccc2C1C(C)(C)C1c2ccccc2-c2ccccc21. The van der Waals surface area contributed by atoms with Gasteiger partial charge in [0.25, 0.3) is 0 Å².